The fourth-order valence-electron chi connectivity index (χ4n) is 1.90. The number of aliphatic carboxylic acids is 1. The van der Waals surface area contributed by atoms with E-state index < -0.39 is 11.5 Å². The second-order valence-electron chi connectivity index (χ2n) is 4.97. The Morgan fingerprint density at radius 3 is 2.62 bits per heavy atom. The van der Waals surface area contributed by atoms with Crippen LogP contribution in [0.2, 0.25) is 0 Å². The lowest BCUT2D eigenvalue weighted by molar-refractivity contribution is -0.149. The summed E-state index contributed by atoms with van der Waals surface area (Å²) < 4.78 is 9.96. The van der Waals surface area contributed by atoms with Crippen LogP contribution < -0.4 is 10.1 Å². The van der Waals surface area contributed by atoms with Crippen LogP contribution in [-0.4, -0.2) is 43.3 Å². The predicted molar refractivity (Wildman–Crippen MR) is 77.4 cm³/mol. The van der Waals surface area contributed by atoms with Crippen molar-refractivity contribution in [1.82, 2.24) is 5.32 Å². The van der Waals surface area contributed by atoms with E-state index in [0.29, 0.717) is 6.42 Å². The number of benzene rings is 1. The monoisotopic (exact) mass is 295 g/mol. The smallest absolute Gasteiger partial charge is 0.331 e. The van der Waals surface area contributed by atoms with Crippen molar-refractivity contribution in [3.05, 3.63) is 29.8 Å². The van der Waals surface area contributed by atoms with Crippen molar-refractivity contribution in [2.75, 3.05) is 20.8 Å². The second-order valence-corrected chi connectivity index (χ2v) is 4.97. The number of hydrogen-bond donors (Lipinski definition) is 2. The molecule has 0 radical (unpaired) electrons. The van der Waals surface area contributed by atoms with Crippen molar-refractivity contribution >= 4 is 11.9 Å². The van der Waals surface area contributed by atoms with Gasteiger partial charge in [0, 0.05) is 13.5 Å². The zero-order valence-corrected chi connectivity index (χ0v) is 12.5. The Balaban J connectivity index is 2.58. The number of rotatable bonds is 8. The molecule has 6 nitrogen and oxygen atoms in total. The molecule has 1 aromatic carbocycles. The van der Waals surface area contributed by atoms with Crippen LogP contribution in [0.15, 0.2) is 24.3 Å². The van der Waals surface area contributed by atoms with Gasteiger partial charge in [0.1, 0.15) is 5.75 Å². The number of nitrogens with one attached hydrogen (secondary N) is 1. The molecule has 0 saturated heterocycles. The third-order valence-corrected chi connectivity index (χ3v) is 3.10. The number of amides is 1. The van der Waals surface area contributed by atoms with Gasteiger partial charge in [-0.1, -0.05) is 12.1 Å². The van der Waals surface area contributed by atoms with Gasteiger partial charge in [-0.2, -0.15) is 0 Å². The summed E-state index contributed by atoms with van der Waals surface area (Å²) >= 11 is 0. The first-order valence-electron chi connectivity index (χ1n) is 6.57. The highest BCUT2D eigenvalue weighted by Crippen LogP contribution is 2.14. The zero-order valence-electron chi connectivity index (χ0n) is 12.5. The molecular formula is C15H21NO5. The molecule has 0 aliphatic rings. The van der Waals surface area contributed by atoms with E-state index in [9.17, 15) is 9.59 Å². The first-order chi connectivity index (χ1) is 9.91. The van der Waals surface area contributed by atoms with E-state index in [4.69, 9.17) is 14.6 Å². The van der Waals surface area contributed by atoms with Crippen LogP contribution in [0.3, 0.4) is 0 Å². The molecule has 0 heterocycles. The topological polar surface area (TPSA) is 84.9 Å². The lowest BCUT2D eigenvalue weighted by atomic mass is 10.0. The first-order valence-corrected chi connectivity index (χ1v) is 6.57. The average molecular weight is 295 g/mol. The Bertz CT molecular complexity index is 503. The van der Waals surface area contributed by atoms with Crippen LogP contribution in [0.4, 0.5) is 0 Å². The van der Waals surface area contributed by atoms with Gasteiger partial charge in [0.05, 0.1) is 13.7 Å². The van der Waals surface area contributed by atoms with E-state index in [-0.39, 0.29) is 18.9 Å². The zero-order chi connectivity index (χ0) is 15.9. The minimum atomic E-state index is -1.42. The summed E-state index contributed by atoms with van der Waals surface area (Å²) in [4.78, 5) is 23.1. The number of aryl methyl sites for hydroxylation is 1. The molecule has 6 heteroatoms. The largest absolute Gasteiger partial charge is 0.497 e. The van der Waals surface area contributed by atoms with Gasteiger partial charge < -0.3 is 19.9 Å². The predicted octanol–water partition coefficient (Wildman–Crippen LogP) is 1.23. The molecule has 1 rings (SSSR count). The van der Waals surface area contributed by atoms with Crippen molar-refractivity contribution < 1.29 is 24.2 Å². The van der Waals surface area contributed by atoms with E-state index in [0.717, 1.165) is 11.3 Å². The lowest BCUT2D eigenvalue weighted by Gasteiger charge is -2.25. The number of ether oxygens (including phenoxy) is 2. The van der Waals surface area contributed by atoms with Gasteiger partial charge in [0.15, 0.2) is 5.54 Å². The molecular weight excluding hydrogens is 274 g/mol. The first kappa shape index (κ1) is 17.0. The average Bonchev–Trinajstić information content (AvgIpc) is 2.45. The fraction of sp³-hybridized carbons (Fsp3) is 0.467. The lowest BCUT2D eigenvalue weighted by Crippen LogP contribution is -2.55. The summed E-state index contributed by atoms with van der Waals surface area (Å²) in [6.45, 7) is 1.33. The Labute approximate surface area is 124 Å². The minimum absolute atomic E-state index is 0.0900. The Morgan fingerprint density at radius 1 is 1.33 bits per heavy atom. The summed E-state index contributed by atoms with van der Waals surface area (Å²) in [6.07, 6.45) is 0.700. The molecule has 0 aromatic heterocycles. The van der Waals surface area contributed by atoms with Crippen molar-refractivity contribution in [2.45, 2.75) is 25.3 Å². The quantitative estimate of drug-likeness (QED) is 0.753. The molecule has 0 saturated carbocycles. The van der Waals surface area contributed by atoms with Crippen LogP contribution >= 0.6 is 0 Å². The van der Waals surface area contributed by atoms with Crippen LogP contribution in [0.25, 0.3) is 0 Å². The summed E-state index contributed by atoms with van der Waals surface area (Å²) in [5.41, 5.74) is -0.464. The van der Waals surface area contributed by atoms with Gasteiger partial charge in [0.25, 0.3) is 0 Å². The van der Waals surface area contributed by atoms with E-state index in [1.54, 1.807) is 7.11 Å². The van der Waals surface area contributed by atoms with E-state index >= 15 is 0 Å². The van der Waals surface area contributed by atoms with Gasteiger partial charge in [-0.05, 0) is 31.0 Å². The maximum Gasteiger partial charge on any atom is 0.331 e. The summed E-state index contributed by atoms with van der Waals surface area (Å²) in [6, 6.07) is 7.40. The highest BCUT2D eigenvalue weighted by Gasteiger charge is 2.34. The molecule has 116 valence electrons. The van der Waals surface area contributed by atoms with Gasteiger partial charge in [-0.15, -0.1) is 0 Å². The highest BCUT2D eigenvalue weighted by atomic mass is 16.5. The van der Waals surface area contributed by atoms with E-state index in [1.165, 1.54) is 14.0 Å². The van der Waals surface area contributed by atoms with E-state index in [1.807, 2.05) is 24.3 Å². The third kappa shape index (κ3) is 5.07. The Kier molecular flexibility index (Phi) is 6.17. The highest BCUT2D eigenvalue weighted by molar-refractivity contribution is 5.86. The number of carbonyl (C=O) groups excluding carboxylic acids is 1. The number of methoxy groups -OCH3 is 2. The molecule has 0 aliphatic heterocycles. The number of carboxylic acids is 1. The van der Waals surface area contributed by atoms with Crippen molar-refractivity contribution in [1.29, 1.82) is 0 Å². The molecule has 0 fully saturated rings. The van der Waals surface area contributed by atoms with Gasteiger partial charge in [-0.3, -0.25) is 4.79 Å². The molecule has 0 bridgehead atoms. The number of carbonyl (C=O) groups is 2. The molecule has 1 aromatic rings. The summed E-state index contributed by atoms with van der Waals surface area (Å²) in [5.74, 6) is -0.735. The summed E-state index contributed by atoms with van der Waals surface area (Å²) in [7, 11) is 2.97. The molecule has 1 atom stereocenters. The Morgan fingerprint density at radius 2 is 2.05 bits per heavy atom. The van der Waals surface area contributed by atoms with Crippen LogP contribution in [0.5, 0.6) is 5.75 Å². The number of hydrogen-bond acceptors (Lipinski definition) is 4. The summed E-state index contributed by atoms with van der Waals surface area (Å²) in [5, 5.41) is 11.7. The molecule has 0 spiro atoms. The fourth-order valence-corrected chi connectivity index (χ4v) is 1.90. The molecule has 1 amide bonds. The van der Waals surface area contributed by atoms with Gasteiger partial charge >= 0.3 is 5.97 Å². The third-order valence-electron chi connectivity index (χ3n) is 3.10. The normalized spacial score (nSPS) is 13.3. The maximum absolute atomic E-state index is 11.9. The Hall–Kier alpha value is -2.08. The van der Waals surface area contributed by atoms with Crippen molar-refractivity contribution in [3.8, 4) is 5.75 Å². The van der Waals surface area contributed by atoms with Gasteiger partial charge in [0.2, 0.25) is 5.91 Å². The standard InChI is InChI=1S/C15H21NO5/c1-15(10-20-2,14(18)19)16-13(17)8-7-11-5-4-6-12(9-11)21-3/h4-6,9H,7-8,10H2,1-3H3,(H,16,17)(H,18,19). The molecule has 1 unspecified atom stereocenters. The molecule has 21 heavy (non-hydrogen) atoms. The SMILES string of the molecule is COCC(C)(NC(=O)CCc1cccc(OC)c1)C(=O)O. The van der Waals surface area contributed by atoms with Crippen LogP contribution in [-0.2, 0) is 20.7 Å². The minimum Gasteiger partial charge on any atom is -0.497 e. The van der Waals surface area contributed by atoms with Crippen molar-refractivity contribution in [3.63, 3.8) is 0 Å². The second kappa shape index (κ2) is 7.64. The van der Waals surface area contributed by atoms with Crippen LogP contribution in [0, 0.1) is 0 Å². The van der Waals surface area contributed by atoms with Crippen LogP contribution in [0.1, 0.15) is 18.9 Å². The maximum atomic E-state index is 11.9. The molecule has 2 N–H and O–H groups in total. The van der Waals surface area contributed by atoms with E-state index in [2.05, 4.69) is 5.32 Å². The molecule has 0 aliphatic carbocycles. The number of carboxylic acid groups (broad SMARTS) is 1. The van der Waals surface area contributed by atoms with Crippen molar-refractivity contribution in [2.24, 2.45) is 0 Å². The van der Waals surface area contributed by atoms with Gasteiger partial charge in [-0.25, -0.2) is 4.79 Å².